The van der Waals surface area contributed by atoms with Gasteiger partial charge >= 0.3 is 62.6 Å². The molecule has 2 fully saturated rings. The first-order valence-corrected chi connectivity index (χ1v) is 25.3. The lowest BCUT2D eigenvalue weighted by atomic mass is 9.97. The minimum absolute atomic E-state index is 1.74. The van der Waals surface area contributed by atoms with Crippen molar-refractivity contribution in [2.75, 3.05) is 13.2 Å². The summed E-state index contributed by atoms with van der Waals surface area (Å²) >= 11 is 0. The lowest BCUT2D eigenvalue weighted by Crippen LogP contribution is -2.66. The smallest absolute Gasteiger partial charge is 0.341 e. The zero-order chi connectivity index (χ0) is 43.0. The van der Waals surface area contributed by atoms with Crippen molar-refractivity contribution in [1.29, 1.82) is 0 Å². The van der Waals surface area contributed by atoms with E-state index in [4.69, 9.17) is 14.2 Å². The molecular weight excluding hydrogens is 952 g/mol. The predicted molar refractivity (Wildman–Crippen MR) is 156 cm³/mol. The fraction of sp³-hybridized carbons (Fsp3) is 1.00. The molecule has 16 N–H and O–H groups in total. The van der Waals surface area contributed by atoms with Gasteiger partial charge in [0.15, 0.2) is 18.7 Å². The summed E-state index contributed by atoms with van der Waals surface area (Å²) in [6.07, 6.45) is -30.0. The van der Waals surface area contributed by atoms with Gasteiger partial charge in [-0.25, -0.2) is 36.5 Å². The third-order valence-electron chi connectivity index (χ3n) is 5.82. The maximum absolute atomic E-state index is 12.1. The van der Waals surface area contributed by atoms with E-state index in [-0.39, 0.29) is 0 Å². The van der Waals surface area contributed by atoms with E-state index in [0.29, 0.717) is 0 Å². The van der Waals surface area contributed by atoms with Gasteiger partial charge < -0.3 is 92.5 Å². The molecule has 2 aliphatic heterocycles. The Morgan fingerprint density at radius 2 is 0.600 bits per heavy atom. The molecule has 55 heavy (non-hydrogen) atoms. The number of phosphoric acid groups is 8. The van der Waals surface area contributed by atoms with Crippen LogP contribution >= 0.6 is 62.6 Å². The van der Waals surface area contributed by atoms with Crippen LogP contribution in [0.3, 0.4) is 0 Å². The van der Waals surface area contributed by atoms with Crippen LogP contribution in [0.25, 0.3) is 0 Å². The quantitative estimate of drug-likeness (QED) is 0.0512. The predicted octanol–water partition coefficient (Wildman–Crippen LogP) is -4.46. The minimum atomic E-state index is -6.20. The van der Waals surface area contributed by atoms with Crippen molar-refractivity contribution in [3.05, 3.63) is 0 Å². The molecule has 0 aromatic rings. The van der Waals surface area contributed by atoms with Gasteiger partial charge in [-0.3, -0.25) is 36.2 Å². The van der Waals surface area contributed by atoms with Crippen molar-refractivity contribution in [2.45, 2.75) is 61.4 Å². The first kappa shape index (κ1) is 51.9. The number of hydrogen-bond acceptors (Lipinski definition) is 19. The van der Waals surface area contributed by atoms with Gasteiger partial charge in [-0.2, -0.15) is 0 Å². The summed E-state index contributed by atoms with van der Waals surface area (Å²) in [5, 5.41) is 0. The molecular formula is C12H30O35P8. The first-order chi connectivity index (χ1) is 24.2. The van der Waals surface area contributed by atoms with Crippen LogP contribution in [-0.4, -0.2) is 153 Å². The fourth-order valence-corrected chi connectivity index (χ4v) is 8.28. The Labute approximate surface area is 302 Å². The van der Waals surface area contributed by atoms with E-state index in [1.807, 2.05) is 0 Å². The van der Waals surface area contributed by atoms with E-state index < -0.39 is 137 Å². The average molecular weight is 982 g/mol. The molecule has 35 nitrogen and oxygen atoms in total. The van der Waals surface area contributed by atoms with Crippen molar-refractivity contribution in [1.82, 2.24) is 0 Å². The molecule has 0 aromatic heterocycles. The van der Waals surface area contributed by atoms with Gasteiger partial charge in [-0.05, 0) is 0 Å². The zero-order valence-corrected chi connectivity index (χ0v) is 32.8. The second-order valence-electron chi connectivity index (χ2n) is 10.2. The van der Waals surface area contributed by atoms with Gasteiger partial charge in [-0.15, -0.1) is 0 Å². The Balaban J connectivity index is 2.97. The Kier molecular flexibility index (Phi) is 17.7. The van der Waals surface area contributed by atoms with Crippen molar-refractivity contribution in [3.8, 4) is 0 Å². The molecule has 0 bridgehead atoms. The van der Waals surface area contributed by atoms with Crippen LogP contribution in [-0.2, 0) is 86.9 Å². The molecule has 328 valence electrons. The average Bonchev–Trinajstić information content (AvgIpc) is 2.88. The standard InChI is InChI=1S/C12H30O35P8/c13-48(14,15)37-1-3-5(7(43-51(22,23)24)10(46-54(31,32)33)12(40-3)47-55(34,35)36)41-11-9(45-53(28,29)30)8(44-52(25,26)27)6(42-50(19,20)21)4(39-11)2-38-49(16,17)18/h3-12H,1-2H2,(H2,13,14,15)(H2,16,17,18)(H2,19,20,21)(H2,22,23,24)(H2,25,26,27)(H2,28,29,30)(H2,31,32,33)(H2,34,35,36)/t3-,4-,5-,6+,7+,8+,9-,10-,11+,12?/m1/s1. The lowest BCUT2D eigenvalue weighted by molar-refractivity contribution is -0.345. The molecule has 0 aliphatic carbocycles. The molecule has 1 unspecified atom stereocenters. The van der Waals surface area contributed by atoms with E-state index >= 15 is 0 Å². The third kappa shape index (κ3) is 20.3. The Morgan fingerprint density at radius 1 is 0.327 bits per heavy atom. The van der Waals surface area contributed by atoms with Crippen LogP contribution in [0, 0.1) is 0 Å². The SMILES string of the molecule is O=P(O)(O)OC[C@H]1O[C@@H](O[C@H]2[C@H](OP(=O)(O)O)[C@@H](OP(=O)(O)O)C(OP(=O)(O)O)O[C@@H]2COP(=O)(O)O)[C@H](OP(=O)(O)O)[C@@H](OP(=O)(O)O)[C@H]1OP(=O)(O)O. The summed E-state index contributed by atoms with van der Waals surface area (Å²) < 4.78 is 144. The maximum atomic E-state index is 12.1. The van der Waals surface area contributed by atoms with Crippen molar-refractivity contribution < 1.29 is 165 Å². The molecule has 2 saturated heterocycles. The van der Waals surface area contributed by atoms with E-state index in [9.17, 15) is 115 Å². The summed E-state index contributed by atoms with van der Waals surface area (Å²) in [7, 11) is -48.1. The van der Waals surface area contributed by atoms with Crippen LogP contribution in [0.15, 0.2) is 0 Å². The Hall–Kier alpha value is 0.760. The first-order valence-electron chi connectivity index (χ1n) is 13.0. The number of hydrogen-bond donors (Lipinski definition) is 16. The van der Waals surface area contributed by atoms with Gasteiger partial charge in [-0.1, -0.05) is 0 Å². The summed E-state index contributed by atoms with van der Waals surface area (Å²) in [5.41, 5.74) is 0. The van der Waals surface area contributed by atoms with Crippen molar-refractivity contribution >= 4 is 62.6 Å². The Morgan fingerprint density at radius 3 is 0.945 bits per heavy atom. The highest BCUT2D eigenvalue weighted by Gasteiger charge is 2.60. The molecule has 10 atom stereocenters. The Bertz CT molecular complexity index is 1680. The summed E-state index contributed by atoms with van der Waals surface area (Å²) in [6.45, 7) is -3.50. The monoisotopic (exact) mass is 982 g/mol. The molecule has 0 spiro atoms. The molecule has 0 aromatic carbocycles. The van der Waals surface area contributed by atoms with Gasteiger partial charge in [0.05, 0.1) is 13.2 Å². The molecule has 2 heterocycles. The van der Waals surface area contributed by atoms with Crippen LogP contribution in [0.4, 0.5) is 0 Å². The van der Waals surface area contributed by atoms with E-state index in [1.165, 1.54) is 0 Å². The van der Waals surface area contributed by atoms with Gasteiger partial charge in [0.1, 0.15) is 42.7 Å². The molecule has 2 rings (SSSR count). The molecule has 0 amide bonds. The van der Waals surface area contributed by atoms with Crippen LogP contribution in [0.5, 0.6) is 0 Å². The molecule has 0 saturated carbocycles. The topological polar surface area (TPSA) is 562 Å². The summed E-state index contributed by atoms with van der Waals surface area (Å²) in [5.74, 6) is 0. The maximum Gasteiger partial charge on any atom is 0.472 e. The van der Waals surface area contributed by atoms with Crippen LogP contribution < -0.4 is 0 Å². The molecule has 2 aliphatic rings. The highest BCUT2D eigenvalue weighted by Crippen LogP contribution is 2.54. The van der Waals surface area contributed by atoms with E-state index in [1.54, 1.807) is 0 Å². The van der Waals surface area contributed by atoms with E-state index in [0.717, 1.165) is 0 Å². The normalized spacial score (nSPS) is 31.1. The zero-order valence-electron chi connectivity index (χ0n) is 25.7. The second-order valence-corrected chi connectivity index (χ2v) is 19.8. The highest BCUT2D eigenvalue weighted by atomic mass is 31.2. The number of rotatable bonds is 20. The van der Waals surface area contributed by atoms with Gasteiger partial charge in [0, 0.05) is 0 Å². The second kappa shape index (κ2) is 18.8. The largest absolute Gasteiger partial charge is 0.472 e. The minimum Gasteiger partial charge on any atom is -0.341 e. The van der Waals surface area contributed by atoms with E-state index in [2.05, 4.69) is 36.2 Å². The number of phosphoric ester groups is 8. The van der Waals surface area contributed by atoms with Crippen LogP contribution in [0.2, 0.25) is 0 Å². The molecule has 0 radical (unpaired) electrons. The molecule has 43 heteroatoms. The van der Waals surface area contributed by atoms with Crippen LogP contribution in [0.1, 0.15) is 0 Å². The van der Waals surface area contributed by atoms with Crippen molar-refractivity contribution in [3.63, 3.8) is 0 Å². The van der Waals surface area contributed by atoms with Crippen molar-refractivity contribution in [2.24, 2.45) is 0 Å². The summed E-state index contributed by atoms with van der Waals surface area (Å²) in [4.78, 5) is 151. The fourth-order valence-electron chi connectivity index (χ4n) is 4.40. The summed E-state index contributed by atoms with van der Waals surface area (Å²) in [6, 6.07) is 0. The van der Waals surface area contributed by atoms with Gasteiger partial charge in [0.2, 0.25) is 0 Å². The lowest BCUT2D eigenvalue weighted by Gasteiger charge is -2.49. The highest BCUT2D eigenvalue weighted by molar-refractivity contribution is 7.48. The van der Waals surface area contributed by atoms with Gasteiger partial charge in [0.25, 0.3) is 0 Å². The third-order valence-corrected chi connectivity index (χ3v) is 9.87. The number of ether oxygens (including phenoxy) is 3.